The van der Waals surface area contributed by atoms with Crippen LogP contribution >= 0.6 is 0 Å². The Balaban J connectivity index is 2.05. The summed E-state index contributed by atoms with van der Waals surface area (Å²) in [6.07, 6.45) is 9.95. The molecule has 4 nitrogen and oxygen atoms in total. The summed E-state index contributed by atoms with van der Waals surface area (Å²) >= 11 is 0. The lowest BCUT2D eigenvalue weighted by atomic mass is 9.89. The average Bonchev–Trinajstić information content (AvgIpc) is 2.48. The van der Waals surface area contributed by atoms with Crippen molar-refractivity contribution < 1.29 is 8.42 Å². The standard InChI is InChI=1S/C16H30N2O2S/c1-3-11-17(14-16-9-5-4-6-10-16)21(19,20)18-12-7-8-15(2)13-18/h3,15-16H,1,4-14H2,2H3. The molecule has 1 heterocycles. The molecule has 1 aliphatic carbocycles. The summed E-state index contributed by atoms with van der Waals surface area (Å²) in [5, 5.41) is 0. The second-order valence-electron chi connectivity index (χ2n) is 6.72. The third-order valence-electron chi connectivity index (χ3n) is 4.79. The van der Waals surface area contributed by atoms with Gasteiger partial charge in [-0.15, -0.1) is 6.58 Å². The predicted molar refractivity (Wildman–Crippen MR) is 87.2 cm³/mol. The van der Waals surface area contributed by atoms with Crippen LogP contribution in [0.3, 0.4) is 0 Å². The normalized spacial score (nSPS) is 26.1. The maximum absolute atomic E-state index is 12.9. The van der Waals surface area contributed by atoms with Gasteiger partial charge < -0.3 is 0 Å². The van der Waals surface area contributed by atoms with E-state index in [9.17, 15) is 8.42 Å². The zero-order valence-electron chi connectivity index (χ0n) is 13.3. The molecule has 5 heteroatoms. The quantitative estimate of drug-likeness (QED) is 0.707. The van der Waals surface area contributed by atoms with Crippen LogP contribution in [0.2, 0.25) is 0 Å². The van der Waals surface area contributed by atoms with Crippen LogP contribution < -0.4 is 0 Å². The SMILES string of the molecule is C=CCN(CC1CCCCC1)S(=O)(=O)N1CCCC(C)C1. The molecule has 2 rings (SSSR count). The minimum atomic E-state index is -3.32. The molecule has 122 valence electrons. The Labute approximate surface area is 130 Å². The van der Waals surface area contributed by atoms with Gasteiger partial charge in [-0.05, 0) is 37.5 Å². The summed E-state index contributed by atoms with van der Waals surface area (Å²) in [4.78, 5) is 0. The third kappa shape index (κ3) is 4.54. The van der Waals surface area contributed by atoms with E-state index in [-0.39, 0.29) is 0 Å². The van der Waals surface area contributed by atoms with E-state index >= 15 is 0 Å². The highest BCUT2D eigenvalue weighted by atomic mass is 32.2. The molecule has 0 aromatic carbocycles. The number of hydrogen-bond donors (Lipinski definition) is 0. The first-order chi connectivity index (χ1) is 10.0. The van der Waals surface area contributed by atoms with E-state index in [1.54, 1.807) is 14.7 Å². The summed E-state index contributed by atoms with van der Waals surface area (Å²) in [7, 11) is -3.32. The van der Waals surface area contributed by atoms with Crippen LogP contribution in [0.5, 0.6) is 0 Å². The third-order valence-corrected chi connectivity index (χ3v) is 6.73. The van der Waals surface area contributed by atoms with Gasteiger partial charge in [0.15, 0.2) is 0 Å². The van der Waals surface area contributed by atoms with E-state index in [2.05, 4.69) is 13.5 Å². The van der Waals surface area contributed by atoms with Crippen molar-refractivity contribution in [3.8, 4) is 0 Å². The van der Waals surface area contributed by atoms with Crippen molar-refractivity contribution in [2.75, 3.05) is 26.2 Å². The van der Waals surface area contributed by atoms with Gasteiger partial charge in [0.05, 0.1) is 0 Å². The van der Waals surface area contributed by atoms with Crippen LogP contribution in [-0.2, 0) is 10.2 Å². The molecule has 0 N–H and O–H groups in total. The van der Waals surface area contributed by atoms with Gasteiger partial charge >= 0.3 is 0 Å². The van der Waals surface area contributed by atoms with E-state index in [4.69, 9.17) is 0 Å². The molecule has 0 aromatic rings. The van der Waals surface area contributed by atoms with Gasteiger partial charge in [-0.1, -0.05) is 32.3 Å². The van der Waals surface area contributed by atoms with Crippen molar-refractivity contribution in [3.05, 3.63) is 12.7 Å². The van der Waals surface area contributed by atoms with Gasteiger partial charge in [0, 0.05) is 26.2 Å². The topological polar surface area (TPSA) is 40.6 Å². The minimum Gasteiger partial charge on any atom is -0.195 e. The van der Waals surface area contributed by atoms with E-state index < -0.39 is 10.2 Å². The fourth-order valence-corrected chi connectivity index (χ4v) is 5.41. The van der Waals surface area contributed by atoms with Crippen LogP contribution in [0.15, 0.2) is 12.7 Å². The van der Waals surface area contributed by atoms with Gasteiger partial charge in [0.25, 0.3) is 10.2 Å². The number of rotatable bonds is 6. The van der Waals surface area contributed by atoms with Crippen molar-refractivity contribution in [2.45, 2.75) is 51.9 Å². The number of piperidine rings is 1. The molecule has 0 radical (unpaired) electrons. The van der Waals surface area contributed by atoms with E-state index in [0.29, 0.717) is 38.0 Å². The molecule has 0 spiro atoms. The Morgan fingerprint density at radius 2 is 1.90 bits per heavy atom. The zero-order chi connectivity index (χ0) is 15.3. The first kappa shape index (κ1) is 17.0. The summed E-state index contributed by atoms with van der Waals surface area (Å²) in [6, 6.07) is 0. The maximum Gasteiger partial charge on any atom is 0.282 e. The maximum atomic E-state index is 12.9. The lowest BCUT2D eigenvalue weighted by Crippen LogP contribution is -2.49. The van der Waals surface area contributed by atoms with Crippen LogP contribution in [-0.4, -0.2) is 43.2 Å². The summed E-state index contributed by atoms with van der Waals surface area (Å²) in [5.74, 6) is 0.990. The van der Waals surface area contributed by atoms with Crippen molar-refractivity contribution in [1.29, 1.82) is 0 Å². The molecule has 1 saturated heterocycles. The van der Waals surface area contributed by atoms with E-state index in [0.717, 1.165) is 12.8 Å². The first-order valence-corrected chi connectivity index (χ1v) is 9.80. The molecule has 21 heavy (non-hydrogen) atoms. The average molecular weight is 314 g/mol. The minimum absolute atomic E-state index is 0.434. The van der Waals surface area contributed by atoms with Crippen molar-refractivity contribution in [2.24, 2.45) is 11.8 Å². The second-order valence-corrected chi connectivity index (χ2v) is 8.65. The highest BCUT2D eigenvalue weighted by Crippen LogP contribution is 2.27. The Bertz CT molecular complexity index is 430. The smallest absolute Gasteiger partial charge is 0.195 e. The molecule has 0 aromatic heterocycles. The van der Waals surface area contributed by atoms with Crippen LogP contribution in [0.4, 0.5) is 0 Å². The van der Waals surface area contributed by atoms with Crippen LogP contribution in [0.1, 0.15) is 51.9 Å². The summed E-state index contributed by atoms with van der Waals surface area (Å²) in [5.41, 5.74) is 0. The van der Waals surface area contributed by atoms with Crippen LogP contribution in [0.25, 0.3) is 0 Å². The Hall–Kier alpha value is -0.390. The molecular formula is C16H30N2O2S. The molecular weight excluding hydrogens is 284 g/mol. The van der Waals surface area contributed by atoms with Crippen molar-refractivity contribution >= 4 is 10.2 Å². The Morgan fingerprint density at radius 1 is 1.19 bits per heavy atom. The molecule has 1 atom stereocenters. The van der Waals surface area contributed by atoms with E-state index in [1.807, 2.05) is 0 Å². The molecule has 1 unspecified atom stereocenters. The predicted octanol–water partition coefficient (Wildman–Crippen LogP) is 3.03. The monoisotopic (exact) mass is 314 g/mol. The van der Waals surface area contributed by atoms with Gasteiger partial charge in [-0.3, -0.25) is 0 Å². The largest absolute Gasteiger partial charge is 0.282 e. The first-order valence-electron chi connectivity index (χ1n) is 8.40. The lowest BCUT2D eigenvalue weighted by molar-refractivity contribution is 0.241. The van der Waals surface area contributed by atoms with Gasteiger partial charge in [0.2, 0.25) is 0 Å². The fourth-order valence-electron chi connectivity index (χ4n) is 3.58. The molecule has 2 aliphatic rings. The second kappa shape index (κ2) is 7.75. The van der Waals surface area contributed by atoms with E-state index in [1.165, 1.54) is 32.1 Å². The highest BCUT2D eigenvalue weighted by Gasteiger charge is 2.33. The van der Waals surface area contributed by atoms with Gasteiger partial charge in [-0.2, -0.15) is 17.0 Å². The molecule has 0 amide bonds. The van der Waals surface area contributed by atoms with Crippen LogP contribution in [0, 0.1) is 11.8 Å². The molecule has 1 aliphatic heterocycles. The van der Waals surface area contributed by atoms with Crippen molar-refractivity contribution in [3.63, 3.8) is 0 Å². The molecule has 2 fully saturated rings. The number of hydrogen-bond acceptors (Lipinski definition) is 2. The Morgan fingerprint density at radius 3 is 2.52 bits per heavy atom. The zero-order valence-corrected chi connectivity index (χ0v) is 14.2. The summed E-state index contributed by atoms with van der Waals surface area (Å²) in [6.45, 7) is 8.32. The molecule has 0 bridgehead atoms. The van der Waals surface area contributed by atoms with Gasteiger partial charge in [-0.25, -0.2) is 0 Å². The van der Waals surface area contributed by atoms with Crippen molar-refractivity contribution in [1.82, 2.24) is 8.61 Å². The fraction of sp³-hybridized carbons (Fsp3) is 0.875. The highest BCUT2D eigenvalue weighted by molar-refractivity contribution is 7.86. The lowest BCUT2D eigenvalue weighted by Gasteiger charge is -2.36. The molecule has 1 saturated carbocycles. The van der Waals surface area contributed by atoms with Gasteiger partial charge in [0.1, 0.15) is 0 Å². The number of nitrogens with zero attached hydrogens (tertiary/aromatic N) is 2. The summed E-state index contributed by atoms with van der Waals surface area (Å²) < 4.78 is 29.1. The Kier molecular flexibility index (Phi) is 6.26.